The number of nitrogens with one attached hydrogen (secondary N) is 1. The molecular weight excluding hydrogens is 290 g/mol. The van der Waals surface area contributed by atoms with E-state index in [1.165, 1.54) is 5.56 Å². The Morgan fingerprint density at radius 1 is 1.22 bits per heavy atom. The van der Waals surface area contributed by atoms with E-state index in [-0.39, 0.29) is 6.10 Å². The average Bonchev–Trinajstić information content (AvgIpc) is 2.60. The molecule has 1 fully saturated rings. The lowest BCUT2D eigenvalue weighted by molar-refractivity contribution is 0.154. The van der Waals surface area contributed by atoms with Crippen molar-refractivity contribution in [3.8, 4) is 0 Å². The summed E-state index contributed by atoms with van der Waals surface area (Å²) in [5, 5.41) is 13.1. The average molecular weight is 313 g/mol. The summed E-state index contributed by atoms with van der Waals surface area (Å²) < 4.78 is 0. The van der Waals surface area contributed by atoms with Gasteiger partial charge in [0, 0.05) is 38.2 Å². The van der Waals surface area contributed by atoms with Crippen LogP contribution in [0, 0.1) is 0 Å². The number of pyridine rings is 1. The molecule has 122 valence electrons. The van der Waals surface area contributed by atoms with Gasteiger partial charge in [-0.1, -0.05) is 0 Å². The van der Waals surface area contributed by atoms with E-state index in [0.29, 0.717) is 12.5 Å². The van der Waals surface area contributed by atoms with Gasteiger partial charge in [-0.05, 0) is 49.4 Å². The second-order valence-corrected chi connectivity index (χ2v) is 5.87. The SMILES string of the molecule is O[C@H]1CCCN(c2ccnc(NCCCc3ccncc3)n2)C1. The maximum absolute atomic E-state index is 9.79. The molecule has 0 amide bonds. The monoisotopic (exact) mass is 313 g/mol. The van der Waals surface area contributed by atoms with Crippen molar-refractivity contribution >= 4 is 11.8 Å². The molecule has 0 radical (unpaired) electrons. The fourth-order valence-corrected chi connectivity index (χ4v) is 2.82. The van der Waals surface area contributed by atoms with Crippen LogP contribution in [0.3, 0.4) is 0 Å². The molecule has 23 heavy (non-hydrogen) atoms. The molecule has 0 aliphatic carbocycles. The molecule has 6 nitrogen and oxygen atoms in total. The van der Waals surface area contributed by atoms with Crippen LogP contribution in [0.2, 0.25) is 0 Å². The third-order valence-electron chi connectivity index (χ3n) is 4.04. The van der Waals surface area contributed by atoms with Crippen LogP contribution in [-0.2, 0) is 6.42 Å². The van der Waals surface area contributed by atoms with Gasteiger partial charge in [0.25, 0.3) is 0 Å². The zero-order valence-corrected chi connectivity index (χ0v) is 13.2. The van der Waals surface area contributed by atoms with Crippen LogP contribution in [0.4, 0.5) is 11.8 Å². The topological polar surface area (TPSA) is 74.2 Å². The van der Waals surface area contributed by atoms with Gasteiger partial charge in [-0.15, -0.1) is 0 Å². The highest BCUT2D eigenvalue weighted by atomic mass is 16.3. The van der Waals surface area contributed by atoms with Crippen LogP contribution in [0.1, 0.15) is 24.8 Å². The van der Waals surface area contributed by atoms with Crippen LogP contribution in [0.25, 0.3) is 0 Å². The van der Waals surface area contributed by atoms with Gasteiger partial charge in [-0.25, -0.2) is 4.98 Å². The summed E-state index contributed by atoms with van der Waals surface area (Å²) in [6.45, 7) is 2.42. The summed E-state index contributed by atoms with van der Waals surface area (Å²) >= 11 is 0. The van der Waals surface area contributed by atoms with Crippen molar-refractivity contribution < 1.29 is 5.11 Å². The summed E-state index contributed by atoms with van der Waals surface area (Å²) in [6, 6.07) is 5.98. The number of aliphatic hydroxyl groups excluding tert-OH is 1. The van der Waals surface area contributed by atoms with E-state index in [9.17, 15) is 5.11 Å². The van der Waals surface area contributed by atoms with Gasteiger partial charge in [0.15, 0.2) is 0 Å². The van der Waals surface area contributed by atoms with Gasteiger partial charge in [0.2, 0.25) is 5.95 Å². The molecule has 6 heteroatoms. The number of aryl methyl sites for hydroxylation is 1. The molecular formula is C17H23N5O. The van der Waals surface area contributed by atoms with Crippen molar-refractivity contribution in [2.24, 2.45) is 0 Å². The Labute approximate surface area is 136 Å². The number of hydrogen-bond acceptors (Lipinski definition) is 6. The van der Waals surface area contributed by atoms with Crippen molar-refractivity contribution in [3.63, 3.8) is 0 Å². The number of β-amino-alcohol motifs (C(OH)–C–C–N with tert-alkyl or cyclic N) is 1. The Balaban J connectivity index is 1.49. The van der Waals surface area contributed by atoms with Gasteiger partial charge in [-0.2, -0.15) is 4.98 Å². The first-order valence-electron chi connectivity index (χ1n) is 8.20. The summed E-state index contributed by atoms with van der Waals surface area (Å²) in [5.41, 5.74) is 1.29. The molecule has 1 aliphatic rings. The molecule has 0 bridgehead atoms. The normalized spacial score (nSPS) is 18.0. The van der Waals surface area contributed by atoms with Crippen LogP contribution in [0.5, 0.6) is 0 Å². The minimum Gasteiger partial charge on any atom is -0.391 e. The lowest BCUT2D eigenvalue weighted by Gasteiger charge is -2.31. The van der Waals surface area contributed by atoms with Gasteiger partial charge >= 0.3 is 0 Å². The standard InChI is InChI=1S/C17H23N5O/c23-15-4-2-12-22(13-15)16-7-11-20-17(21-16)19-8-1-3-14-5-9-18-10-6-14/h5-7,9-11,15,23H,1-4,8,12-13H2,(H,19,20,21)/t15-/m0/s1. The van der Waals surface area contributed by atoms with Crippen LogP contribution in [-0.4, -0.2) is 45.8 Å². The van der Waals surface area contributed by atoms with Crippen molar-refractivity contribution in [3.05, 3.63) is 42.4 Å². The Morgan fingerprint density at radius 2 is 2.09 bits per heavy atom. The number of anilines is 2. The van der Waals surface area contributed by atoms with E-state index >= 15 is 0 Å². The fraction of sp³-hybridized carbons (Fsp3) is 0.471. The predicted octanol–water partition coefficient (Wildman–Crippen LogP) is 1.88. The van der Waals surface area contributed by atoms with Crippen molar-refractivity contribution in [2.45, 2.75) is 31.8 Å². The van der Waals surface area contributed by atoms with Gasteiger partial charge in [0.1, 0.15) is 5.82 Å². The minimum absolute atomic E-state index is 0.254. The molecule has 1 saturated heterocycles. The van der Waals surface area contributed by atoms with E-state index in [2.05, 4.69) is 25.2 Å². The lowest BCUT2D eigenvalue weighted by Crippen LogP contribution is -2.38. The fourth-order valence-electron chi connectivity index (χ4n) is 2.82. The summed E-state index contributed by atoms with van der Waals surface area (Å²) in [6.07, 6.45) is 9.06. The van der Waals surface area contributed by atoms with E-state index in [4.69, 9.17) is 0 Å². The van der Waals surface area contributed by atoms with Crippen molar-refractivity contribution in [1.29, 1.82) is 0 Å². The first kappa shape index (κ1) is 15.7. The number of rotatable bonds is 6. The Bertz CT molecular complexity index is 607. The smallest absolute Gasteiger partial charge is 0.224 e. The number of hydrogen-bond donors (Lipinski definition) is 2. The maximum atomic E-state index is 9.79. The highest BCUT2D eigenvalue weighted by Gasteiger charge is 2.19. The van der Waals surface area contributed by atoms with Crippen LogP contribution < -0.4 is 10.2 Å². The zero-order valence-electron chi connectivity index (χ0n) is 13.2. The molecule has 3 rings (SSSR count). The number of aliphatic hydroxyl groups is 1. The largest absolute Gasteiger partial charge is 0.391 e. The third-order valence-corrected chi connectivity index (χ3v) is 4.04. The van der Waals surface area contributed by atoms with Crippen LogP contribution in [0.15, 0.2) is 36.8 Å². The van der Waals surface area contributed by atoms with Gasteiger partial charge in [-0.3, -0.25) is 4.98 Å². The first-order valence-corrected chi connectivity index (χ1v) is 8.20. The van der Waals surface area contributed by atoms with Crippen molar-refractivity contribution in [1.82, 2.24) is 15.0 Å². The molecule has 2 N–H and O–H groups in total. The molecule has 0 spiro atoms. The number of aromatic nitrogens is 3. The molecule has 1 atom stereocenters. The van der Waals surface area contributed by atoms with Gasteiger partial charge < -0.3 is 15.3 Å². The third kappa shape index (κ3) is 4.63. The molecule has 0 unspecified atom stereocenters. The quantitative estimate of drug-likeness (QED) is 0.793. The number of piperidine rings is 1. The molecule has 1 aliphatic heterocycles. The second-order valence-electron chi connectivity index (χ2n) is 5.87. The number of nitrogens with zero attached hydrogens (tertiary/aromatic N) is 4. The lowest BCUT2D eigenvalue weighted by atomic mass is 10.1. The van der Waals surface area contributed by atoms with Crippen LogP contribution >= 0.6 is 0 Å². The van der Waals surface area contributed by atoms with E-state index in [1.807, 2.05) is 30.6 Å². The summed E-state index contributed by atoms with van der Waals surface area (Å²) in [7, 11) is 0. The predicted molar refractivity (Wildman–Crippen MR) is 90.5 cm³/mol. The van der Waals surface area contributed by atoms with E-state index < -0.39 is 0 Å². The molecule has 3 heterocycles. The minimum atomic E-state index is -0.254. The molecule has 0 saturated carbocycles. The first-order chi connectivity index (χ1) is 11.3. The van der Waals surface area contributed by atoms with Gasteiger partial charge in [0.05, 0.1) is 6.10 Å². The molecule has 0 aromatic carbocycles. The zero-order chi connectivity index (χ0) is 15.9. The van der Waals surface area contributed by atoms with E-state index in [1.54, 1.807) is 6.20 Å². The highest BCUT2D eigenvalue weighted by molar-refractivity contribution is 5.43. The Kier molecular flexibility index (Phi) is 5.37. The Hall–Kier alpha value is -2.21. The maximum Gasteiger partial charge on any atom is 0.224 e. The molecule has 2 aromatic rings. The molecule has 2 aromatic heterocycles. The summed E-state index contributed by atoms with van der Waals surface area (Å²) in [5.74, 6) is 1.53. The summed E-state index contributed by atoms with van der Waals surface area (Å²) in [4.78, 5) is 15.0. The van der Waals surface area contributed by atoms with Crippen molar-refractivity contribution in [2.75, 3.05) is 29.9 Å². The second kappa shape index (κ2) is 7.87. The Morgan fingerprint density at radius 3 is 2.91 bits per heavy atom. The van der Waals surface area contributed by atoms with E-state index in [0.717, 1.165) is 44.6 Å². The highest BCUT2D eigenvalue weighted by Crippen LogP contribution is 2.18.